The van der Waals surface area contributed by atoms with Gasteiger partial charge in [-0.25, -0.2) is 4.39 Å². The molecular formula is C14H16FN3O2S. The predicted octanol–water partition coefficient (Wildman–Crippen LogP) is 1.83. The standard InChI is InChI=1S/C14H16FN3O2S/c1-3-18(2)10(19)7-17-14(20)13-12(16)11-8(15)5-4-6-9(11)21-13/h4-6H,3,7,16H2,1-2H3,(H,17,20). The Morgan fingerprint density at radius 2 is 2.14 bits per heavy atom. The first-order valence-corrected chi connectivity index (χ1v) is 7.26. The van der Waals surface area contributed by atoms with Gasteiger partial charge >= 0.3 is 0 Å². The highest BCUT2D eigenvalue weighted by atomic mass is 32.1. The van der Waals surface area contributed by atoms with Gasteiger partial charge < -0.3 is 16.0 Å². The van der Waals surface area contributed by atoms with E-state index in [1.165, 1.54) is 11.0 Å². The minimum atomic E-state index is -0.467. The number of nitrogen functional groups attached to an aromatic ring is 1. The average molecular weight is 309 g/mol. The molecule has 0 saturated heterocycles. The van der Waals surface area contributed by atoms with E-state index in [9.17, 15) is 14.0 Å². The number of nitrogens with one attached hydrogen (secondary N) is 1. The Kier molecular flexibility index (Phi) is 4.42. The molecule has 2 aromatic rings. The molecule has 0 fully saturated rings. The van der Waals surface area contributed by atoms with Crippen molar-refractivity contribution in [2.45, 2.75) is 6.92 Å². The van der Waals surface area contributed by atoms with Gasteiger partial charge in [-0.15, -0.1) is 11.3 Å². The van der Waals surface area contributed by atoms with Crippen LogP contribution < -0.4 is 11.1 Å². The molecular weight excluding hydrogens is 293 g/mol. The van der Waals surface area contributed by atoms with Crippen LogP contribution in [0.3, 0.4) is 0 Å². The summed E-state index contributed by atoms with van der Waals surface area (Å²) in [5.41, 5.74) is 5.96. The summed E-state index contributed by atoms with van der Waals surface area (Å²) in [6.45, 7) is 2.29. The molecule has 1 heterocycles. The van der Waals surface area contributed by atoms with Crippen molar-refractivity contribution in [1.29, 1.82) is 0 Å². The van der Waals surface area contributed by atoms with Gasteiger partial charge in [-0.3, -0.25) is 9.59 Å². The lowest BCUT2D eigenvalue weighted by Gasteiger charge is -2.14. The van der Waals surface area contributed by atoms with Crippen molar-refractivity contribution in [2.75, 3.05) is 25.9 Å². The van der Waals surface area contributed by atoms with Crippen LogP contribution in [0.2, 0.25) is 0 Å². The fourth-order valence-electron chi connectivity index (χ4n) is 1.85. The molecule has 2 rings (SSSR count). The monoisotopic (exact) mass is 309 g/mol. The molecule has 0 aliphatic carbocycles. The van der Waals surface area contributed by atoms with Crippen LogP contribution in [0.4, 0.5) is 10.1 Å². The largest absolute Gasteiger partial charge is 0.397 e. The smallest absolute Gasteiger partial charge is 0.263 e. The highest BCUT2D eigenvalue weighted by molar-refractivity contribution is 7.21. The molecule has 0 radical (unpaired) electrons. The Balaban J connectivity index is 2.19. The highest BCUT2D eigenvalue weighted by Crippen LogP contribution is 2.35. The zero-order chi connectivity index (χ0) is 15.6. The number of benzene rings is 1. The number of thiophene rings is 1. The number of rotatable bonds is 4. The van der Waals surface area contributed by atoms with Gasteiger partial charge in [-0.1, -0.05) is 6.07 Å². The van der Waals surface area contributed by atoms with Crippen LogP contribution in [0.5, 0.6) is 0 Å². The molecule has 21 heavy (non-hydrogen) atoms. The number of likely N-dealkylation sites (N-methyl/N-ethyl adjacent to an activating group) is 1. The number of fused-ring (bicyclic) bond motifs is 1. The lowest BCUT2D eigenvalue weighted by atomic mass is 10.2. The third-order valence-corrected chi connectivity index (χ3v) is 4.38. The molecule has 0 bridgehead atoms. The van der Waals surface area contributed by atoms with Crippen molar-refractivity contribution >= 4 is 38.9 Å². The molecule has 112 valence electrons. The van der Waals surface area contributed by atoms with E-state index in [4.69, 9.17) is 5.73 Å². The van der Waals surface area contributed by atoms with E-state index >= 15 is 0 Å². The predicted molar refractivity (Wildman–Crippen MR) is 81.8 cm³/mol. The molecule has 0 atom stereocenters. The first kappa shape index (κ1) is 15.2. The van der Waals surface area contributed by atoms with E-state index in [0.29, 0.717) is 11.2 Å². The second kappa shape index (κ2) is 6.09. The van der Waals surface area contributed by atoms with Crippen LogP contribution >= 0.6 is 11.3 Å². The van der Waals surface area contributed by atoms with Crippen LogP contribution in [0, 0.1) is 5.82 Å². The summed E-state index contributed by atoms with van der Waals surface area (Å²) in [7, 11) is 1.65. The number of anilines is 1. The molecule has 7 heteroatoms. The van der Waals surface area contributed by atoms with E-state index in [0.717, 1.165) is 11.3 Å². The van der Waals surface area contributed by atoms with E-state index in [1.54, 1.807) is 19.2 Å². The number of halogens is 1. The van der Waals surface area contributed by atoms with E-state index in [2.05, 4.69) is 5.32 Å². The second-order valence-electron chi connectivity index (χ2n) is 4.55. The lowest BCUT2D eigenvalue weighted by molar-refractivity contribution is -0.128. The first-order chi connectivity index (χ1) is 9.95. The summed E-state index contributed by atoms with van der Waals surface area (Å²) in [5, 5.41) is 2.77. The minimum Gasteiger partial charge on any atom is -0.397 e. The maximum atomic E-state index is 13.7. The molecule has 0 unspecified atom stereocenters. The molecule has 0 saturated carbocycles. The SMILES string of the molecule is CCN(C)C(=O)CNC(=O)c1sc2cccc(F)c2c1N. The molecule has 1 aromatic heterocycles. The quantitative estimate of drug-likeness (QED) is 0.905. The summed E-state index contributed by atoms with van der Waals surface area (Å²) < 4.78 is 14.3. The fraction of sp³-hybridized carbons (Fsp3) is 0.286. The average Bonchev–Trinajstić information content (AvgIpc) is 2.82. The Morgan fingerprint density at radius 3 is 2.76 bits per heavy atom. The molecule has 3 N–H and O–H groups in total. The number of hydrogen-bond acceptors (Lipinski definition) is 4. The molecule has 0 aliphatic rings. The number of amides is 2. The van der Waals surface area contributed by atoms with Crippen molar-refractivity contribution < 1.29 is 14.0 Å². The number of hydrogen-bond donors (Lipinski definition) is 2. The van der Waals surface area contributed by atoms with Gasteiger partial charge in [0.1, 0.15) is 10.7 Å². The zero-order valence-electron chi connectivity index (χ0n) is 11.8. The maximum Gasteiger partial charge on any atom is 0.263 e. The molecule has 0 aliphatic heterocycles. The number of nitrogens with zero attached hydrogens (tertiary/aromatic N) is 1. The van der Waals surface area contributed by atoms with Gasteiger partial charge in [0.05, 0.1) is 17.6 Å². The van der Waals surface area contributed by atoms with Gasteiger partial charge in [0, 0.05) is 18.3 Å². The zero-order valence-corrected chi connectivity index (χ0v) is 12.6. The molecule has 0 spiro atoms. The van der Waals surface area contributed by atoms with Crippen LogP contribution in [0.15, 0.2) is 18.2 Å². The van der Waals surface area contributed by atoms with Crippen molar-refractivity contribution in [3.8, 4) is 0 Å². The van der Waals surface area contributed by atoms with Gasteiger partial charge in [0.2, 0.25) is 5.91 Å². The van der Waals surface area contributed by atoms with E-state index in [-0.39, 0.29) is 28.4 Å². The number of carbonyl (C=O) groups excluding carboxylic acids is 2. The van der Waals surface area contributed by atoms with Gasteiger partial charge in [0.25, 0.3) is 5.91 Å². The highest BCUT2D eigenvalue weighted by Gasteiger charge is 2.19. The van der Waals surface area contributed by atoms with E-state index in [1.807, 2.05) is 6.92 Å². The Morgan fingerprint density at radius 1 is 1.43 bits per heavy atom. The Labute approximate surface area is 125 Å². The maximum absolute atomic E-state index is 13.7. The minimum absolute atomic E-state index is 0.112. The molecule has 5 nitrogen and oxygen atoms in total. The van der Waals surface area contributed by atoms with Crippen LogP contribution in [0.25, 0.3) is 10.1 Å². The van der Waals surface area contributed by atoms with Crippen molar-refractivity contribution in [3.05, 3.63) is 28.9 Å². The van der Waals surface area contributed by atoms with Crippen LogP contribution in [-0.2, 0) is 4.79 Å². The van der Waals surface area contributed by atoms with Crippen molar-refractivity contribution in [2.24, 2.45) is 0 Å². The summed E-state index contributed by atoms with van der Waals surface area (Å²) in [5.74, 6) is -1.12. The Bertz CT molecular complexity index is 699. The summed E-state index contributed by atoms with van der Waals surface area (Å²) in [6.07, 6.45) is 0. The van der Waals surface area contributed by atoms with Crippen LogP contribution in [-0.4, -0.2) is 36.9 Å². The first-order valence-electron chi connectivity index (χ1n) is 6.44. The third-order valence-electron chi connectivity index (χ3n) is 3.21. The van der Waals surface area contributed by atoms with Crippen molar-refractivity contribution in [1.82, 2.24) is 10.2 Å². The normalized spacial score (nSPS) is 10.6. The summed E-state index contributed by atoms with van der Waals surface area (Å²) >= 11 is 1.11. The van der Waals surface area contributed by atoms with Gasteiger partial charge in [-0.2, -0.15) is 0 Å². The third kappa shape index (κ3) is 2.97. The van der Waals surface area contributed by atoms with Crippen LogP contribution in [0.1, 0.15) is 16.6 Å². The van der Waals surface area contributed by atoms with Gasteiger partial charge in [0.15, 0.2) is 0 Å². The molecule has 2 amide bonds. The van der Waals surface area contributed by atoms with E-state index < -0.39 is 11.7 Å². The fourth-order valence-corrected chi connectivity index (χ4v) is 2.90. The topological polar surface area (TPSA) is 75.4 Å². The summed E-state index contributed by atoms with van der Waals surface area (Å²) in [4.78, 5) is 25.5. The van der Waals surface area contributed by atoms with Crippen molar-refractivity contribution in [3.63, 3.8) is 0 Å². The summed E-state index contributed by atoms with van der Waals surface area (Å²) in [6, 6.07) is 4.56. The molecule has 1 aromatic carbocycles. The second-order valence-corrected chi connectivity index (χ2v) is 5.60. The number of nitrogens with two attached hydrogens (primary N) is 1. The lowest BCUT2D eigenvalue weighted by Crippen LogP contribution is -2.37. The Hall–Kier alpha value is -2.15. The van der Waals surface area contributed by atoms with Gasteiger partial charge in [-0.05, 0) is 19.1 Å². The number of carbonyl (C=O) groups is 2.